The number of hydrogen-bond acceptors (Lipinski definition) is 3. The predicted octanol–water partition coefficient (Wildman–Crippen LogP) is 2.74. The molecular formula is C7H4BrClF2N2O. The Hall–Kier alpha value is -0.750. The molecule has 0 saturated carbocycles. The van der Waals surface area contributed by atoms with E-state index in [1.807, 2.05) is 0 Å². The second-order valence-electron chi connectivity index (χ2n) is 2.36. The van der Waals surface area contributed by atoms with Gasteiger partial charge in [-0.3, -0.25) is 4.79 Å². The molecule has 76 valence electrons. The number of nitrogen functional groups attached to an aromatic ring is 1. The van der Waals surface area contributed by atoms with Gasteiger partial charge in [0.25, 0.3) is 11.7 Å². The molecule has 0 aliphatic heterocycles. The molecule has 0 unspecified atom stereocenters. The molecule has 2 N–H and O–H groups in total. The highest BCUT2D eigenvalue weighted by Crippen LogP contribution is 2.33. The zero-order valence-electron chi connectivity index (χ0n) is 6.60. The lowest BCUT2D eigenvalue weighted by Crippen LogP contribution is -2.04. The monoisotopic (exact) mass is 284 g/mol. The summed E-state index contributed by atoms with van der Waals surface area (Å²) in [5.74, 6) is -0.325. The number of nitrogens with zero attached hydrogens (tertiary/aromatic N) is 1. The van der Waals surface area contributed by atoms with Gasteiger partial charge in [-0.05, 0) is 27.5 Å². The third kappa shape index (κ3) is 2.01. The average molecular weight is 285 g/mol. The van der Waals surface area contributed by atoms with Crippen molar-refractivity contribution < 1.29 is 13.6 Å². The number of carbonyl (C=O) groups is 1. The van der Waals surface area contributed by atoms with Gasteiger partial charge in [0.15, 0.2) is 0 Å². The molecular weight excluding hydrogens is 281 g/mol. The van der Waals surface area contributed by atoms with Crippen LogP contribution in [0.25, 0.3) is 0 Å². The third-order valence-corrected chi connectivity index (χ3v) is 2.57. The number of carbonyl (C=O) groups excluding carboxylic acids is 1. The van der Waals surface area contributed by atoms with E-state index in [4.69, 9.17) is 17.3 Å². The van der Waals surface area contributed by atoms with Crippen LogP contribution < -0.4 is 5.73 Å². The Labute approximate surface area is 91.4 Å². The summed E-state index contributed by atoms with van der Waals surface area (Å²) in [5, 5.41) is -0.869. The average Bonchev–Trinajstić information content (AvgIpc) is 2.02. The van der Waals surface area contributed by atoms with E-state index in [0.717, 1.165) is 6.20 Å². The predicted molar refractivity (Wildman–Crippen MR) is 51.5 cm³/mol. The van der Waals surface area contributed by atoms with Crippen molar-refractivity contribution in [3.63, 3.8) is 0 Å². The molecule has 0 aliphatic rings. The van der Waals surface area contributed by atoms with Crippen molar-refractivity contribution in [3.8, 4) is 0 Å². The van der Waals surface area contributed by atoms with Crippen LogP contribution in [0.4, 0.5) is 14.6 Å². The summed E-state index contributed by atoms with van der Waals surface area (Å²) in [4.78, 5) is 14.2. The molecule has 0 spiro atoms. The first-order valence-corrected chi connectivity index (χ1v) is 4.54. The quantitative estimate of drug-likeness (QED) is 0.850. The van der Waals surface area contributed by atoms with Gasteiger partial charge in [0.05, 0.1) is 11.1 Å². The van der Waals surface area contributed by atoms with Crippen LogP contribution in [0.2, 0.25) is 0 Å². The summed E-state index contributed by atoms with van der Waals surface area (Å²) in [6.45, 7) is 0. The minimum absolute atomic E-state index is 0.111. The summed E-state index contributed by atoms with van der Waals surface area (Å²) in [5.41, 5.74) is 4.57. The van der Waals surface area contributed by atoms with Crippen LogP contribution in [-0.2, 0) is 0 Å². The van der Waals surface area contributed by atoms with Crippen LogP contribution >= 0.6 is 27.5 Å². The van der Waals surface area contributed by atoms with Crippen LogP contribution in [0, 0.1) is 0 Å². The Kier molecular flexibility index (Phi) is 3.38. The lowest BCUT2D eigenvalue weighted by molar-refractivity contribution is 0.107. The third-order valence-electron chi connectivity index (χ3n) is 1.51. The molecule has 1 rings (SSSR count). The van der Waals surface area contributed by atoms with E-state index >= 15 is 0 Å². The molecule has 7 heteroatoms. The van der Waals surface area contributed by atoms with Gasteiger partial charge >= 0.3 is 0 Å². The van der Waals surface area contributed by atoms with E-state index in [9.17, 15) is 13.6 Å². The molecule has 1 aromatic rings. The Morgan fingerprint density at radius 2 is 2.21 bits per heavy atom. The fraction of sp³-hybridized carbons (Fsp3) is 0.143. The van der Waals surface area contributed by atoms with Gasteiger partial charge in [0, 0.05) is 10.7 Å². The van der Waals surface area contributed by atoms with Crippen LogP contribution in [0.1, 0.15) is 22.3 Å². The molecule has 0 atom stereocenters. The molecule has 1 aromatic heterocycles. The van der Waals surface area contributed by atoms with E-state index in [1.165, 1.54) is 0 Å². The van der Waals surface area contributed by atoms with Gasteiger partial charge in [0.1, 0.15) is 5.82 Å². The first-order valence-electron chi connectivity index (χ1n) is 3.37. The fourth-order valence-corrected chi connectivity index (χ4v) is 1.78. The smallest absolute Gasteiger partial charge is 0.268 e. The number of rotatable bonds is 2. The molecule has 1 heterocycles. The summed E-state index contributed by atoms with van der Waals surface area (Å²) >= 11 is 7.97. The summed E-state index contributed by atoms with van der Waals surface area (Å²) < 4.78 is 24.7. The zero-order chi connectivity index (χ0) is 10.9. The largest absolute Gasteiger partial charge is 0.383 e. The van der Waals surface area contributed by atoms with Crippen molar-refractivity contribution in [1.82, 2.24) is 4.98 Å². The summed E-state index contributed by atoms with van der Waals surface area (Å²) in [7, 11) is 0. The van der Waals surface area contributed by atoms with Gasteiger partial charge in [-0.15, -0.1) is 0 Å². The zero-order valence-corrected chi connectivity index (χ0v) is 8.94. The maximum atomic E-state index is 12.4. The van der Waals surface area contributed by atoms with E-state index in [2.05, 4.69) is 20.9 Å². The topological polar surface area (TPSA) is 56.0 Å². The van der Waals surface area contributed by atoms with Gasteiger partial charge in [-0.1, -0.05) is 0 Å². The minimum atomic E-state index is -2.81. The van der Waals surface area contributed by atoms with Crippen molar-refractivity contribution >= 4 is 38.6 Å². The Bertz CT molecular complexity index is 386. The summed E-state index contributed by atoms with van der Waals surface area (Å²) in [6.07, 6.45) is -1.77. The minimum Gasteiger partial charge on any atom is -0.383 e. The van der Waals surface area contributed by atoms with Crippen molar-refractivity contribution in [2.45, 2.75) is 6.43 Å². The van der Waals surface area contributed by atoms with Crippen LogP contribution in [0.5, 0.6) is 0 Å². The van der Waals surface area contributed by atoms with Gasteiger partial charge in [-0.25, -0.2) is 13.8 Å². The van der Waals surface area contributed by atoms with Crippen molar-refractivity contribution in [1.29, 1.82) is 0 Å². The van der Waals surface area contributed by atoms with Crippen molar-refractivity contribution in [2.75, 3.05) is 5.73 Å². The first-order chi connectivity index (χ1) is 6.45. The maximum Gasteiger partial charge on any atom is 0.268 e. The Morgan fingerprint density at radius 3 is 2.64 bits per heavy atom. The number of anilines is 1. The standard InChI is InChI=1S/C7H4BrClF2N2O/c8-4-2(5(9)14)1-13-7(12)3(4)6(10)11/h1,6H,(H2,12,13). The Balaban J connectivity index is 3.41. The van der Waals surface area contributed by atoms with E-state index < -0.39 is 17.2 Å². The maximum absolute atomic E-state index is 12.4. The van der Waals surface area contributed by atoms with E-state index in [-0.39, 0.29) is 15.9 Å². The molecule has 0 aliphatic carbocycles. The number of hydrogen-bond donors (Lipinski definition) is 1. The van der Waals surface area contributed by atoms with Gasteiger partial charge in [-0.2, -0.15) is 0 Å². The second-order valence-corrected chi connectivity index (χ2v) is 3.50. The number of halogens is 4. The van der Waals surface area contributed by atoms with Crippen LogP contribution in [0.15, 0.2) is 10.7 Å². The normalized spacial score (nSPS) is 10.6. The molecule has 0 amide bonds. The van der Waals surface area contributed by atoms with E-state index in [1.54, 1.807) is 0 Å². The molecule has 0 saturated heterocycles. The lowest BCUT2D eigenvalue weighted by atomic mass is 10.2. The molecule has 0 radical (unpaired) electrons. The molecule has 0 bridgehead atoms. The molecule has 0 fully saturated rings. The molecule has 0 aromatic carbocycles. The number of alkyl halides is 2. The number of pyridine rings is 1. The van der Waals surface area contributed by atoms with Gasteiger partial charge in [0.2, 0.25) is 0 Å². The highest BCUT2D eigenvalue weighted by molar-refractivity contribution is 9.10. The number of nitrogens with two attached hydrogens (primary N) is 1. The first kappa shape index (κ1) is 11.3. The molecule has 3 nitrogen and oxygen atoms in total. The van der Waals surface area contributed by atoms with Crippen LogP contribution in [0.3, 0.4) is 0 Å². The molecule has 14 heavy (non-hydrogen) atoms. The fourth-order valence-electron chi connectivity index (χ4n) is 0.862. The highest BCUT2D eigenvalue weighted by Gasteiger charge is 2.21. The number of aromatic nitrogens is 1. The van der Waals surface area contributed by atoms with Crippen molar-refractivity contribution in [2.24, 2.45) is 0 Å². The SMILES string of the molecule is Nc1ncc(C(=O)Cl)c(Br)c1C(F)F. The van der Waals surface area contributed by atoms with Crippen LogP contribution in [-0.4, -0.2) is 10.2 Å². The van der Waals surface area contributed by atoms with Crippen molar-refractivity contribution in [3.05, 3.63) is 21.8 Å². The highest BCUT2D eigenvalue weighted by atomic mass is 79.9. The Morgan fingerprint density at radius 1 is 1.64 bits per heavy atom. The van der Waals surface area contributed by atoms with Gasteiger partial charge < -0.3 is 5.73 Å². The lowest BCUT2D eigenvalue weighted by Gasteiger charge is -2.08. The van der Waals surface area contributed by atoms with E-state index in [0.29, 0.717) is 0 Å². The summed E-state index contributed by atoms with van der Waals surface area (Å²) in [6, 6.07) is 0. The second kappa shape index (κ2) is 4.18.